The number of carbonyl (C=O) groups is 1. The van der Waals surface area contributed by atoms with Gasteiger partial charge in [0.25, 0.3) is 0 Å². The van der Waals surface area contributed by atoms with Crippen molar-refractivity contribution < 1.29 is 4.79 Å². The van der Waals surface area contributed by atoms with Gasteiger partial charge in [0.15, 0.2) is 0 Å². The van der Waals surface area contributed by atoms with Gasteiger partial charge >= 0.3 is 0 Å². The van der Waals surface area contributed by atoms with Crippen molar-refractivity contribution in [3.63, 3.8) is 0 Å². The van der Waals surface area contributed by atoms with Gasteiger partial charge in [-0.05, 0) is 18.8 Å². The van der Waals surface area contributed by atoms with Crippen LogP contribution < -0.4 is 5.32 Å². The molecular formula is C12H21N3O. The average Bonchev–Trinajstić information content (AvgIpc) is 2.76. The van der Waals surface area contributed by atoms with Crippen molar-refractivity contribution in [3.05, 3.63) is 18.2 Å². The van der Waals surface area contributed by atoms with Gasteiger partial charge < -0.3 is 10.3 Å². The lowest BCUT2D eigenvalue weighted by Gasteiger charge is -2.15. The second kappa shape index (κ2) is 6.30. The van der Waals surface area contributed by atoms with E-state index in [0.717, 1.165) is 18.7 Å². The van der Waals surface area contributed by atoms with E-state index in [1.165, 1.54) is 0 Å². The molecule has 1 rings (SSSR count). The van der Waals surface area contributed by atoms with E-state index < -0.39 is 0 Å². The second-order valence-corrected chi connectivity index (χ2v) is 4.44. The van der Waals surface area contributed by atoms with Crippen LogP contribution in [0, 0.1) is 5.92 Å². The Balaban J connectivity index is 2.42. The number of nitrogens with one attached hydrogen (secondary N) is 2. The number of hydrogen-bond acceptors (Lipinski definition) is 2. The molecule has 0 aliphatic carbocycles. The first-order valence-corrected chi connectivity index (χ1v) is 5.92. The third kappa shape index (κ3) is 4.04. The topological polar surface area (TPSA) is 57.8 Å². The molecule has 1 amide bonds. The lowest BCUT2D eigenvalue weighted by molar-refractivity contribution is -0.122. The van der Waals surface area contributed by atoms with Crippen LogP contribution in [0.5, 0.6) is 0 Å². The molecule has 90 valence electrons. The minimum Gasteiger partial charge on any atom is -0.347 e. The SMILES string of the molecule is CCC(NC(=O)CCC(C)C)c1ncc[nH]1. The summed E-state index contributed by atoms with van der Waals surface area (Å²) < 4.78 is 0. The number of carbonyl (C=O) groups excluding carboxylic acids is 1. The predicted molar refractivity (Wildman–Crippen MR) is 63.8 cm³/mol. The summed E-state index contributed by atoms with van der Waals surface area (Å²) in [6.07, 6.45) is 5.85. The molecule has 0 spiro atoms. The Labute approximate surface area is 96.9 Å². The molecule has 4 heteroatoms. The fourth-order valence-electron chi connectivity index (χ4n) is 1.52. The highest BCUT2D eigenvalue weighted by Gasteiger charge is 2.14. The summed E-state index contributed by atoms with van der Waals surface area (Å²) in [6, 6.07) is 0.00895. The lowest BCUT2D eigenvalue weighted by Crippen LogP contribution is -2.28. The molecule has 1 heterocycles. The van der Waals surface area contributed by atoms with Gasteiger partial charge in [0.2, 0.25) is 5.91 Å². The molecule has 1 aromatic rings. The van der Waals surface area contributed by atoms with E-state index in [9.17, 15) is 4.79 Å². The van der Waals surface area contributed by atoms with E-state index in [4.69, 9.17) is 0 Å². The van der Waals surface area contributed by atoms with E-state index in [2.05, 4.69) is 29.1 Å². The molecule has 0 aromatic carbocycles. The van der Waals surface area contributed by atoms with Crippen molar-refractivity contribution in [2.24, 2.45) is 5.92 Å². The van der Waals surface area contributed by atoms with Gasteiger partial charge in [-0.25, -0.2) is 4.98 Å². The number of amides is 1. The number of aromatic nitrogens is 2. The smallest absolute Gasteiger partial charge is 0.220 e. The van der Waals surface area contributed by atoms with E-state index >= 15 is 0 Å². The van der Waals surface area contributed by atoms with Gasteiger partial charge in [-0.15, -0.1) is 0 Å². The molecule has 0 saturated carbocycles. The molecule has 0 bridgehead atoms. The summed E-state index contributed by atoms with van der Waals surface area (Å²) in [4.78, 5) is 18.9. The molecule has 0 fully saturated rings. The molecule has 0 aliphatic rings. The van der Waals surface area contributed by atoms with Crippen molar-refractivity contribution in [1.82, 2.24) is 15.3 Å². The number of hydrogen-bond donors (Lipinski definition) is 2. The van der Waals surface area contributed by atoms with Crippen LogP contribution in [0.1, 0.15) is 51.9 Å². The molecule has 1 aromatic heterocycles. The second-order valence-electron chi connectivity index (χ2n) is 4.44. The summed E-state index contributed by atoms with van der Waals surface area (Å²) in [5.74, 6) is 1.51. The van der Waals surface area contributed by atoms with Crippen LogP contribution in [0.4, 0.5) is 0 Å². The quantitative estimate of drug-likeness (QED) is 0.778. The van der Waals surface area contributed by atoms with Crippen LogP contribution in [-0.2, 0) is 4.79 Å². The summed E-state index contributed by atoms with van der Waals surface area (Å²) in [6.45, 7) is 6.28. The maximum Gasteiger partial charge on any atom is 0.220 e. The zero-order chi connectivity index (χ0) is 12.0. The van der Waals surface area contributed by atoms with E-state index in [0.29, 0.717) is 12.3 Å². The molecule has 0 saturated heterocycles. The Morgan fingerprint density at radius 3 is 2.81 bits per heavy atom. The summed E-state index contributed by atoms with van der Waals surface area (Å²) >= 11 is 0. The molecule has 2 N–H and O–H groups in total. The highest BCUT2D eigenvalue weighted by molar-refractivity contribution is 5.76. The average molecular weight is 223 g/mol. The van der Waals surface area contributed by atoms with E-state index in [-0.39, 0.29) is 11.9 Å². The Bertz CT molecular complexity index is 306. The van der Waals surface area contributed by atoms with Crippen molar-refractivity contribution in [1.29, 1.82) is 0 Å². The monoisotopic (exact) mass is 223 g/mol. The molecule has 1 atom stereocenters. The third-order valence-corrected chi connectivity index (χ3v) is 2.54. The normalized spacial score (nSPS) is 12.8. The van der Waals surface area contributed by atoms with Gasteiger partial charge in [0.1, 0.15) is 5.82 Å². The fraction of sp³-hybridized carbons (Fsp3) is 0.667. The van der Waals surface area contributed by atoms with Crippen LogP contribution in [0.25, 0.3) is 0 Å². The number of imidazole rings is 1. The third-order valence-electron chi connectivity index (χ3n) is 2.54. The van der Waals surface area contributed by atoms with Crippen LogP contribution in [0.2, 0.25) is 0 Å². The highest BCUT2D eigenvalue weighted by Crippen LogP contribution is 2.12. The van der Waals surface area contributed by atoms with Crippen LogP contribution in [-0.4, -0.2) is 15.9 Å². The predicted octanol–water partition coefficient (Wildman–Crippen LogP) is 2.41. The Hall–Kier alpha value is -1.32. The number of aromatic amines is 1. The summed E-state index contributed by atoms with van der Waals surface area (Å²) in [5.41, 5.74) is 0. The molecule has 4 nitrogen and oxygen atoms in total. The van der Waals surface area contributed by atoms with Crippen LogP contribution in [0.15, 0.2) is 12.4 Å². The first-order chi connectivity index (χ1) is 7.63. The molecule has 0 aliphatic heterocycles. The first kappa shape index (κ1) is 12.7. The highest BCUT2D eigenvalue weighted by atomic mass is 16.1. The number of H-pyrrole nitrogens is 1. The lowest BCUT2D eigenvalue weighted by atomic mass is 10.1. The zero-order valence-corrected chi connectivity index (χ0v) is 10.3. The molecular weight excluding hydrogens is 202 g/mol. The fourth-order valence-corrected chi connectivity index (χ4v) is 1.52. The van der Waals surface area contributed by atoms with Crippen molar-refractivity contribution in [2.45, 2.75) is 46.1 Å². The van der Waals surface area contributed by atoms with Crippen LogP contribution >= 0.6 is 0 Å². The van der Waals surface area contributed by atoms with E-state index in [1.807, 2.05) is 6.92 Å². The number of rotatable bonds is 6. The molecule has 16 heavy (non-hydrogen) atoms. The van der Waals surface area contributed by atoms with Gasteiger partial charge in [-0.2, -0.15) is 0 Å². The van der Waals surface area contributed by atoms with Crippen LogP contribution in [0.3, 0.4) is 0 Å². The Morgan fingerprint density at radius 2 is 2.31 bits per heavy atom. The summed E-state index contributed by atoms with van der Waals surface area (Å²) in [5, 5.41) is 2.99. The van der Waals surface area contributed by atoms with Crippen molar-refractivity contribution >= 4 is 5.91 Å². The minimum absolute atomic E-state index is 0.00895. The summed E-state index contributed by atoms with van der Waals surface area (Å²) in [7, 11) is 0. The Kier molecular flexibility index (Phi) is 5.02. The minimum atomic E-state index is 0.00895. The van der Waals surface area contributed by atoms with Gasteiger partial charge in [0.05, 0.1) is 6.04 Å². The maximum atomic E-state index is 11.7. The standard InChI is InChI=1S/C12H21N3O/c1-4-10(12-13-7-8-14-12)15-11(16)6-5-9(2)3/h7-10H,4-6H2,1-3H3,(H,13,14)(H,15,16). The van der Waals surface area contributed by atoms with Crippen molar-refractivity contribution in [3.8, 4) is 0 Å². The largest absolute Gasteiger partial charge is 0.347 e. The number of nitrogens with zero attached hydrogens (tertiary/aromatic N) is 1. The van der Waals surface area contributed by atoms with Gasteiger partial charge in [0, 0.05) is 18.8 Å². The van der Waals surface area contributed by atoms with Crippen molar-refractivity contribution in [2.75, 3.05) is 0 Å². The zero-order valence-electron chi connectivity index (χ0n) is 10.3. The van der Waals surface area contributed by atoms with Gasteiger partial charge in [-0.3, -0.25) is 4.79 Å². The van der Waals surface area contributed by atoms with E-state index in [1.54, 1.807) is 12.4 Å². The first-order valence-electron chi connectivity index (χ1n) is 5.92. The van der Waals surface area contributed by atoms with Gasteiger partial charge in [-0.1, -0.05) is 20.8 Å². The molecule has 1 unspecified atom stereocenters. The molecule has 0 radical (unpaired) electrons. The maximum absolute atomic E-state index is 11.7. The Morgan fingerprint density at radius 1 is 1.56 bits per heavy atom.